The van der Waals surface area contributed by atoms with Crippen LogP contribution >= 0.6 is 0 Å². The van der Waals surface area contributed by atoms with Gasteiger partial charge in [0.05, 0.1) is 6.10 Å². The number of rotatable bonds is 4. The van der Waals surface area contributed by atoms with E-state index in [1.807, 2.05) is 19.1 Å². The Labute approximate surface area is 117 Å². The molecule has 1 heterocycles. The summed E-state index contributed by atoms with van der Waals surface area (Å²) in [4.78, 5) is 15.4. The first-order valence-corrected chi connectivity index (χ1v) is 9.60. The van der Waals surface area contributed by atoms with Gasteiger partial charge in [0, 0.05) is 13.1 Å². The normalized spacial score (nSPS) is 14.3. The van der Waals surface area contributed by atoms with Crippen molar-refractivity contribution < 1.29 is 9.22 Å². The van der Waals surface area contributed by atoms with E-state index >= 15 is 0 Å². The molecule has 0 aromatic carbocycles. The zero-order valence-electron chi connectivity index (χ0n) is 13.1. The van der Waals surface area contributed by atoms with Crippen LogP contribution in [-0.2, 0) is 4.43 Å². The summed E-state index contributed by atoms with van der Waals surface area (Å²) in [7, 11) is -1.80. The second-order valence-electron chi connectivity index (χ2n) is 6.55. The number of hydrogen-bond donors (Lipinski definition) is 0. The second kappa shape index (κ2) is 5.55. The lowest BCUT2D eigenvalue weighted by molar-refractivity contribution is 0.101. The molecular weight excluding hydrogens is 254 g/mol. The molecule has 19 heavy (non-hydrogen) atoms. The largest absolute Gasteiger partial charge is 0.410 e. The van der Waals surface area contributed by atoms with E-state index in [-0.39, 0.29) is 16.9 Å². The van der Waals surface area contributed by atoms with Gasteiger partial charge in [-0.2, -0.15) is 0 Å². The van der Waals surface area contributed by atoms with Crippen molar-refractivity contribution in [1.29, 1.82) is 0 Å². The van der Waals surface area contributed by atoms with E-state index in [9.17, 15) is 4.79 Å². The van der Waals surface area contributed by atoms with E-state index in [2.05, 4.69) is 38.8 Å². The number of aromatic nitrogens is 1. The summed E-state index contributed by atoms with van der Waals surface area (Å²) in [5, 5.41) is 0.178. The molecule has 1 aromatic rings. The molecule has 0 bridgehead atoms. The molecule has 0 fully saturated rings. The van der Waals surface area contributed by atoms with Crippen LogP contribution in [0, 0.1) is 0 Å². The third-order valence-corrected chi connectivity index (χ3v) is 8.45. The Kier molecular flexibility index (Phi) is 4.69. The van der Waals surface area contributed by atoms with E-state index < -0.39 is 8.32 Å². The van der Waals surface area contributed by atoms with E-state index in [1.165, 1.54) is 6.92 Å². The molecule has 0 N–H and O–H groups in total. The summed E-state index contributed by atoms with van der Waals surface area (Å²) in [6.07, 6.45) is 1.67. The molecule has 1 aromatic heterocycles. The molecule has 1 unspecified atom stereocenters. The Bertz CT molecular complexity index is 463. The minimum atomic E-state index is -1.80. The van der Waals surface area contributed by atoms with Crippen molar-refractivity contribution in [2.24, 2.45) is 0 Å². The van der Waals surface area contributed by atoms with Crippen molar-refractivity contribution >= 4 is 14.1 Å². The van der Waals surface area contributed by atoms with Gasteiger partial charge in [0.15, 0.2) is 14.1 Å². The molecule has 106 valence electrons. The van der Waals surface area contributed by atoms with E-state index in [0.29, 0.717) is 5.69 Å². The molecule has 0 radical (unpaired) electrons. The fourth-order valence-corrected chi connectivity index (χ4v) is 2.95. The predicted molar refractivity (Wildman–Crippen MR) is 80.9 cm³/mol. The highest BCUT2D eigenvalue weighted by atomic mass is 28.4. The highest BCUT2D eigenvalue weighted by Gasteiger charge is 2.38. The molecule has 0 aliphatic carbocycles. The molecule has 0 saturated heterocycles. The van der Waals surface area contributed by atoms with Gasteiger partial charge in [-0.15, -0.1) is 0 Å². The van der Waals surface area contributed by atoms with E-state index in [0.717, 1.165) is 5.56 Å². The van der Waals surface area contributed by atoms with Gasteiger partial charge < -0.3 is 4.43 Å². The number of Topliss-reactive ketones (excluding diaryl/α,β-unsaturated/α-hetero) is 1. The molecule has 3 nitrogen and oxygen atoms in total. The highest BCUT2D eigenvalue weighted by molar-refractivity contribution is 6.74. The first-order chi connectivity index (χ1) is 8.54. The number of hydrogen-bond acceptors (Lipinski definition) is 3. The van der Waals surface area contributed by atoms with Crippen LogP contribution in [0.5, 0.6) is 0 Å². The van der Waals surface area contributed by atoms with Crippen LogP contribution in [0.1, 0.15) is 56.8 Å². The smallest absolute Gasteiger partial charge is 0.192 e. The lowest BCUT2D eigenvalue weighted by atomic mass is 10.1. The standard InChI is InChI=1S/C15H25NO2Si/c1-11(17)14-10-13(8-9-16-14)12(2)18-19(6,7)15(3,4)5/h8-10,12H,1-7H3. The van der Waals surface area contributed by atoms with Crippen LogP contribution < -0.4 is 0 Å². The Hall–Kier alpha value is -1.00. The second-order valence-corrected chi connectivity index (χ2v) is 11.3. The topological polar surface area (TPSA) is 39.2 Å². The summed E-state index contributed by atoms with van der Waals surface area (Å²) in [6.45, 7) is 14.7. The maximum atomic E-state index is 11.4. The average Bonchev–Trinajstić information content (AvgIpc) is 2.27. The van der Waals surface area contributed by atoms with Crippen LogP contribution in [0.4, 0.5) is 0 Å². The number of pyridine rings is 1. The molecular formula is C15H25NO2Si. The number of carbonyl (C=O) groups is 1. The number of nitrogens with zero attached hydrogens (tertiary/aromatic N) is 1. The SMILES string of the molecule is CC(=O)c1cc(C(C)O[Si](C)(C)C(C)(C)C)ccn1. The van der Waals surface area contributed by atoms with Crippen LogP contribution in [0.3, 0.4) is 0 Å². The summed E-state index contributed by atoms with van der Waals surface area (Å²) in [6, 6.07) is 3.75. The minimum Gasteiger partial charge on any atom is -0.410 e. The molecule has 0 aliphatic heterocycles. The average molecular weight is 279 g/mol. The summed E-state index contributed by atoms with van der Waals surface area (Å²) < 4.78 is 6.32. The van der Waals surface area contributed by atoms with Gasteiger partial charge in [-0.25, -0.2) is 0 Å². The van der Waals surface area contributed by atoms with Gasteiger partial charge >= 0.3 is 0 Å². The first kappa shape index (κ1) is 16.1. The van der Waals surface area contributed by atoms with Crippen molar-refractivity contribution in [3.63, 3.8) is 0 Å². The van der Waals surface area contributed by atoms with Crippen molar-refractivity contribution in [3.8, 4) is 0 Å². The first-order valence-electron chi connectivity index (χ1n) is 6.69. The summed E-state index contributed by atoms with van der Waals surface area (Å²) >= 11 is 0. The van der Waals surface area contributed by atoms with Crippen molar-refractivity contribution in [3.05, 3.63) is 29.6 Å². The molecule has 1 atom stereocenters. The van der Waals surface area contributed by atoms with Gasteiger partial charge in [-0.1, -0.05) is 20.8 Å². The van der Waals surface area contributed by atoms with Crippen LogP contribution in [0.25, 0.3) is 0 Å². The van der Waals surface area contributed by atoms with Gasteiger partial charge in [0.1, 0.15) is 5.69 Å². The van der Waals surface area contributed by atoms with Crippen molar-refractivity contribution in [1.82, 2.24) is 4.98 Å². The Balaban J connectivity index is 2.93. The predicted octanol–water partition coefficient (Wildman–Crippen LogP) is 4.37. The molecule has 0 saturated carbocycles. The van der Waals surface area contributed by atoms with Gasteiger partial charge in [-0.05, 0) is 42.8 Å². The zero-order chi connectivity index (χ0) is 14.8. The van der Waals surface area contributed by atoms with Crippen LogP contribution in [0.15, 0.2) is 18.3 Å². The quantitative estimate of drug-likeness (QED) is 0.607. The zero-order valence-corrected chi connectivity index (χ0v) is 14.1. The van der Waals surface area contributed by atoms with Crippen molar-refractivity contribution in [2.75, 3.05) is 0 Å². The van der Waals surface area contributed by atoms with Gasteiger partial charge in [0.2, 0.25) is 0 Å². The van der Waals surface area contributed by atoms with Gasteiger partial charge in [-0.3, -0.25) is 9.78 Å². The molecule has 4 heteroatoms. The highest BCUT2D eigenvalue weighted by Crippen LogP contribution is 2.39. The third-order valence-electron chi connectivity index (χ3n) is 3.89. The Morgan fingerprint density at radius 2 is 1.95 bits per heavy atom. The summed E-state index contributed by atoms with van der Waals surface area (Å²) in [5.41, 5.74) is 1.52. The lowest BCUT2D eigenvalue weighted by Gasteiger charge is -2.38. The monoisotopic (exact) mass is 279 g/mol. The molecule has 1 rings (SSSR count). The van der Waals surface area contributed by atoms with Crippen molar-refractivity contribution in [2.45, 2.75) is 58.9 Å². The lowest BCUT2D eigenvalue weighted by Crippen LogP contribution is -2.41. The fourth-order valence-electron chi connectivity index (χ4n) is 1.58. The molecule has 0 amide bonds. The molecule has 0 aliphatic rings. The third kappa shape index (κ3) is 3.98. The van der Waals surface area contributed by atoms with E-state index in [4.69, 9.17) is 4.43 Å². The molecule has 0 spiro atoms. The Morgan fingerprint density at radius 3 is 2.42 bits per heavy atom. The minimum absolute atomic E-state index is 0.0120. The van der Waals surface area contributed by atoms with Gasteiger partial charge in [0.25, 0.3) is 0 Å². The summed E-state index contributed by atoms with van der Waals surface area (Å²) in [5.74, 6) is -0.0126. The maximum Gasteiger partial charge on any atom is 0.192 e. The number of carbonyl (C=O) groups excluding carboxylic acids is 1. The van der Waals surface area contributed by atoms with Crippen LogP contribution in [0.2, 0.25) is 18.1 Å². The maximum absolute atomic E-state index is 11.4. The number of ketones is 1. The van der Waals surface area contributed by atoms with E-state index in [1.54, 1.807) is 6.20 Å². The fraction of sp³-hybridized carbons (Fsp3) is 0.600. The van der Waals surface area contributed by atoms with Crippen LogP contribution in [-0.4, -0.2) is 19.1 Å². The Morgan fingerprint density at radius 1 is 1.37 bits per heavy atom.